The minimum atomic E-state index is -0.134. The number of aromatic nitrogens is 2. The fourth-order valence-corrected chi connectivity index (χ4v) is 1.84. The second-order valence-electron chi connectivity index (χ2n) is 4.08. The minimum absolute atomic E-state index is 0.0215. The number of hydrogen-bond acceptors (Lipinski definition) is 6. The highest BCUT2D eigenvalue weighted by Gasteiger charge is 2.25. The molecule has 1 fully saturated rings. The summed E-state index contributed by atoms with van der Waals surface area (Å²) in [6.07, 6.45) is 0.660. The van der Waals surface area contributed by atoms with Gasteiger partial charge in [-0.2, -0.15) is 4.98 Å². The van der Waals surface area contributed by atoms with Crippen LogP contribution in [0.4, 0.5) is 0 Å². The molecule has 1 aromatic heterocycles. The SMILES string of the molecule is CCOC(CC)c1noc(C2CNC(=O)CN2)n1. The zero-order valence-corrected chi connectivity index (χ0v) is 10.6. The Morgan fingerprint density at radius 1 is 1.56 bits per heavy atom. The predicted molar refractivity (Wildman–Crippen MR) is 62.7 cm³/mol. The van der Waals surface area contributed by atoms with Gasteiger partial charge in [-0.05, 0) is 13.3 Å². The van der Waals surface area contributed by atoms with E-state index in [1.54, 1.807) is 0 Å². The zero-order valence-electron chi connectivity index (χ0n) is 10.6. The maximum Gasteiger partial charge on any atom is 0.245 e. The van der Waals surface area contributed by atoms with Crippen molar-refractivity contribution in [3.63, 3.8) is 0 Å². The van der Waals surface area contributed by atoms with Crippen molar-refractivity contribution >= 4 is 5.91 Å². The number of carbonyl (C=O) groups is 1. The number of rotatable bonds is 5. The van der Waals surface area contributed by atoms with Crippen molar-refractivity contribution < 1.29 is 14.1 Å². The standard InChI is InChI=1S/C11H18N4O3/c1-3-8(17-4-2)10-14-11(18-15-10)7-5-13-9(16)6-12-7/h7-8,12H,3-6H2,1-2H3,(H,13,16). The van der Waals surface area contributed by atoms with E-state index in [4.69, 9.17) is 9.26 Å². The molecule has 1 amide bonds. The average molecular weight is 254 g/mol. The summed E-state index contributed by atoms with van der Waals surface area (Å²) in [5.74, 6) is 1.03. The molecule has 2 unspecified atom stereocenters. The lowest BCUT2D eigenvalue weighted by atomic mass is 10.2. The molecule has 7 nitrogen and oxygen atoms in total. The van der Waals surface area contributed by atoms with Gasteiger partial charge in [-0.1, -0.05) is 12.1 Å². The first kappa shape index (κ1) is 13.0. The van der Waals surface area contributed by atoms with Gasteiger partial charge in [0, 0.05) is 13.2 Å². The van der Waals surface area contributed by atoms with E-state index in [9.17, 15) is 4.79 Å². The molecule has 100 valence electrons. The molecule has 1 aromatic rings. The summed E-state index contributed by atoms with van der Waals surface area (Å²) in [7, 11) is 0. The Balaban J connectivity index is 2.03. The van der Waals surface area contributed by atoms with Gasteiger partial charge in [0.25, 0.3) is 0 Å². The van der Waals surface area contributed by atoms with E-state index in [1.165, 1.54) is 0 Å². The van der Waals surface area contributed by atoms with Gasteiger partial charge in [-0.25, -0.2) is 0 Å². The molecule has 2 heterocycles. The van der Waals surface area contributed by atoms with Crippen molar-refractivity contribution in [1.82, 2.24) is 20.8 Å². The Morgan fingerprint density at radius 3 is 3.00 bits per heavy atom. The molecule has 1 aliphatic heterocycles. The van der Waals surface area contributed by atoms with Crippen LogP contribution in [0.3, 0.4) is 0 Å². The van der Waals surface area contributed by atoms with Crippen molar-refractivity contribution in [2.45, 2.75) is 32.4 Å². The van der Waals surface area contributed by atoms with Crippen LogP contribution >= 0.6 is 0 Å². The van der Waals surface area contributed by atoms with Gasteiger partial charge in [-0.15, -0.1) is 0 Å². The second-order valence-corrected chi connectivity index (χ2v) is 4.08. The molecular formula is C11H18N4O3. The van der Waals surface area contributed by atoms with E-state index in [-0.39, 0.29) is 24.6 Å². The van der Waals surface area contributed by atoms with Crippen LogP contribution in [0.1, 0.15) is 44.1 Å². The first-order valence-corrected chi connectivity index (χ1v) is 6.19. The highest BCUT2D eigenvalue weighted by atomic mass is 16.5. The van der Waals surface area contributed by atoms with E-state index in [2.05, 4.69) is 20.8 Å². The molecule has 0 radical (unpaired) electrons. The van der Waals surface area contributed by atoms with Gasteiger partial charge in [0.15, 0.2) is 0 Å². The Labute approximate surface area is 105 Å². The van der Waals surface area contributed by atoms with Crippen LogP contribution in [0.15, 0.2) is 4.52 Å². The number of piperazine rings is 1. The molecule has 18 heavy (non-hydrogen) atoms. The fraction of sp³-hybridized carbons (Fsp3) is 0.727. The van der Waals surface area contributed by atoms with Gasteiger partial charge in [0.2, 0.25) is 17.6 Å². The average Bonchev–Trinajstić information content (AvgIpc) is 2.86. The van der Waals surface area contributed by atoms with Gasteiger partial charge in [-0.3, -0.25) is 10.1 Å². The second kappa shape index (κ2) is 5.92. The van der Waals surface area contributed by atoms with E-state index < -0.39 is 0 Å². The first-order chi connectivity index (χ1) is 8.74. The third kappa shape index (κ3) is 2.85. The van der Waals surface area contributed by atoms with Crippen molar-refractivity contribution in [2.24, 2.45) is 0 Å². The van der Waals surface area contributed by atoms with E-state index in [0.29, 0.717) is 24.9 Å². The highest BCUT2D eigenvalue weighted by molar-refractivity contribution is 5.78. The smallest absolute Gasteiger partial charge is 0.245 e. The maximum absolute atomic E-state index is 11.0. The molecule has 1 saturated heterocycles. The van der Waals surface area contributed by atoms with Crippen LogP contribution in [-0.4, -0.2) is 35.7 Å². The summed E-state index contributed by atoms with van der Waals surface area (Å²) in [6.45, 7) is 5.29. The molecule has 7 heteroatoms. The Kier molecular flexibility index (Phi) is 4.27. The van der Waals surface area contributed by atoms with Gasteiger partial charge in [0.05, 0.1) is 6.54 Å². The van der Waals surface area contributed by atoms with Crippen molar-refractivity contribution in [3.8, 4) is 0 Å². The van der Waals surface area contributed by atoms with Gasteiger partial charge in [0.1, 0.15) is 12.1 Å². The lowest BCUT2D eigenvalue weighted by molar-refractivity contribution is -0.121. The molecule has 2 rings (SSSR count). The number of nitrogens with zero attached hydrogens (tertiary/aromatic N) is 2. The van der Waals surface area contributed by atoms with E-state index in [1.807, 2.05) is 13.8 Å². The zero-order chi connectivity index (χ0) is 13.0. The summed E-state index contributed by atoms with van der Waals surface area (Å²) in [4.78, 5) is 15.4. The van der Waals surface area contributed by atoms with Crippen LogP contribution < -0.4 is 10.6 Å². The summed E-state index contributed by atoms with van der Waals surface area (Å²) in [5, 5.41) is 9.72. The van der Waals surface area contributed by atoms with Crippen LogP contribution in [0.2, 0.25) is 0 Å². The number of nitrogens with one attached hydrogen (secondary N) is 2. The third-order valence-corrected chi connectivity index (χ3v) is 2.79. The van der Waals surface area contributed by atoms with Gasteiger partial charge < -0.3 is 14.6 Å². The Morgan fingerprint density at radius 2 is 2.39 bits per heavy atom. The fourth-order valence-electron chi connectivity index (χ4n) is 1.84. The monoisotopic (exact) mass is 254 g/mol. The van der Waals surface area contributed by atoms with Crippen LogP contribution in [0.5, 0.6) is 0 Å². The van der Waals surface area contributed by atoms with E-state index in [0.717, 1.165) is 6.42 Å². The van der Waals surface area contributed by atoms with Crippen molar-refractivity contribution in [2.75, 3.05) is 19.7 Å². The summed E-state index contributed by atoms with van der Waals surface area (Å²) in [6, 6.07) is -0.122. The molecule has 2 N–H and O–H groups in total. The number of hydrogen-bond donors (Lipinski definition) is 2. The first-order valence-electron chi connectivity index (χ1n) is 6.19. The topological polar surface area (TPSA) is 89.3 Å². The molecule has 2 atom stereocenters. The van der Waals surface area contributed by atoms with Crippen LogP contribution in [0, 0.1) is 0 Å². The molecular weight excluding hydrogens is 236 g/mol. The molecule has 1 aliphatic rings. The third-order valence-electron chi connectivity index (χ3n) is 2.79. The maximum atomic E-state index is 11.0. The Bertz CT molecular complexity index is 397. The molecule has 0 spiro atoms. The van der Waals surface area contributed by atoms with Crippen molar-refractivity contribution in [1.29, 1.82) is 0 Å². The molecule has 0 bridgehead atoms. The number of carbonyl (C=O) groups excluding carboxylic acids is 1. The largest absolute Gasteiger partial charge is 0.370 e. The minimum Gasteiger partial charge on any atom is -0.370 e. The molecule has 0 aromatic carbocycles. The Hall–Kier alpha value is -1.47. The highest BCUT2D eigenvalue weighted by Crippen LogP contribution is 2.20. The van der Waals surface area contributed by atoms with Gasteiger partial charge >= 0.3 is 0 Å². The summed E-state index contributed by atoms with van der Waals surface area (Å²) < 4.78 is 10.7. The predicted octanol–water partition coefficient (Wildman–Crippen LogP) is 0.318. The van der Waals surface area contributed by atoms with Crippen molar-refractivity contribution in [3.05, 3.63) is 11.7 Å². The van der Waals surface area contributed by atoms with E-state index >= 15 is 0 Å². The van der Waals surface area contributed by atoms with Crippen LogP contribution in [-0.2, 0) is 9.53 Å². The lowest BCUT2D eigenvalue weighted by Crippen LogP contribution is -2.47. The molecule has 0 saturated carbocycles. The summed E-state index contributed by atoms with van der Waals surface area (Å²) in [5.41, 5.74) is 0. The number of ether oxygens (including phenoxy) is 1. The lowest BCUT2D eigenvalue weighted by Gasteiger charge is -2.20. The number of amides is 1. The molecule has 0 aliphatic carbocycles. The quantitative estimate of drug-likeness (QED) is 0.786. The van der Waals surface area contributed by atoms with Crippen LogP contribution in [0.25, 0.3) is 0 Å². The summed E-state index contributed by atoms with van der Waals surface area (Å²) >= 11 is 0. The normalized spacial score (nSPS) is 21.7.